The summed E-state index contributed by atoms with van der Waals surface area (Å²) >= 11 is 0. The Kier molecular flexibility index (Phi) is 4.60. The molecule has 1 saturated heterocycles. The summed E-state index contributed by atoms with van der Waals surface area (Å²) in [4.78, 5) is 6.50. The molecule has 5 heteroatoms. The average Bonchev–Trinajstić information content (AvgIpc) is 3.48. The quantitative estimate of drug-likeness (QED) is 0.741. The van der Waals surface area contributed by atoms with Gasteiger partial charge in [0.15, 0.2) is 0 Å². The normalized spacial score (nSPS) is 21.3. The SMILES string of the molecule is C=C/C=C/C1(N2C=C(C#N)C(=C)c3cc(F)c(N4CCN(C)CC4)cc32)CC1. The number of piperazine rings is 1. The van der Waals surface area contributed by atoms with Crippen LogP contribution in [0, 0.1) is 17.1 Å². The van der Waals surface area contributed by atoms with Gasteiger partial charge in [0.2, 0.25) is 0 Å². The summed E-state index contributed by atoms with van der Waals surface area (Å²) in [6.45, 7) is 11.3. The van der Waals surface area contributed by atoms with Gasteiger partial charge in [-0.05, 0) is 37.6 Å². The van der Waals surface area contributed by atoms with Crippen molar-refractivity contribution >= 4 is 16.9 Å². The Hall–Kier alpha value is -2.84. The van der Waals surface area contributed by atoms with E-state index in [4.69, 9.17) is 0 Å². The molecule has 0 amide bonds. The lowest BCUT2D eigenvalue weighted by atomic mass is 9.93. The van der Waals surface area contributed by atoms with Crippen LogP contribution in [-0.2, 0) is 0 Å². The van der Waals surface area contributed by atoms with Crippen molar-refractivity contribution < 1.29 is 4.39 Å². The molecule has 2 aliphatic heterocycles. The number of likely N-dealkylation sites (N-methyl/N-ethyl adjacent to an activating group) is 1. The van der Waals surface area contributed by atoms with E-state index >= 15 is 4.39 Å². The first-order chi connectivity index (χ1) is 13.5. The Morgan fingerprint density at radius 3 is 2.50 bits per heavy atom. The van der Waals surface area contributed by atoms with E-state index in [2.05, 4.69) is 47.1 Å². The molecule has 1 aromatic rings. The molecule has 2 fully saturated rings. The van der Waals surface area contributed by atoms with Crippen molar-refractivity contribution in [3.63, 3.8) is 0 Å². The smallest absolute Gasteiger partial charge is 0.147 e. The fourth-order valence-electron chi connectivity index (χ4n) is 4.03. The molecule has 28 heavy (non-hydrogen) atoms. The van der Waals surface area contributed by atoms with Crippen LogP contribution in [0.4, 0.5) is 15.8 Å². The van der Waals surface area contributed by atoms with E-state index in [1.54, 1.807) is 12.1 Å². The molecule has 0 spiro atoms. The Morgan fingerprint density at radius 1 is 1.18 bits per heavy atom. The van der Waals surface area contributed by atoms with Crippen LogP contribution in [0.5, 0.6) is 0 Å². The van der Waals surface area contributed by atoms with Crippen LogP contribution in [0.15, 0.2) is 55.3 Å². The summed E-state index contributed by atoms with van der Waals surface area (Å²) in [5.41, 5.74) is 3.14. The third-order valence-electron chi connectivity index (χ3n) is 5.98. The van der Waals surface area contributed by atoms with Gasteiger partial charge in [0.1, 0.15) is 11.9 Å². The van der Waals surface area contributed by atoms with Crippen molar-refractivity contribution in [1.82, 2.24) is 4.90 Å². The van der Waals surface area contributed by atoms with E-state index in [1.165, 1.54) is 0 Å². The van der Waals surface area contributed by atoms with E-state index in [0.29, 0.717) is 22.4 Å². The van der Waals surface area contributed by atoms with Crippen LogP contribution in [0.3, 0.4) is 0 Å². The number of allylic oxidation sites excluding steroid dienone is 4. The van der Waals surface area contributed by atoms with Gasteiger partial charge in [-0.3, -0.25) is 0 Å². The predicted octanol–water partition coefficient (Wildman–Crippen LogP) is 4.09. The second kappa shape index (κ2) is 6.96. The maximum absolute atomic E-state index is 15.1. The monoisotopic (exact) mass is 376 g/mol. The second-order valence-corrected chi connectivity index (χ2v) is 7.81. The van der Waals surface area contributed by atoms with Crippen LogP contribution in [0.25, 0.3) is 5.57 Å². The zero-order chi connectivity index (χ0) is 19.9. The molecule has 2 heterocycles. The van der Waals surface area contributed by atoms with E-state index < -0.39 is 0 Å². The number of fused-ring (bicyclic) bond motifs is 1. The molecule has 0 atom stereocenters. The van der Waals surface area contributed by atoms with Gasteiger partial charge in [-0.25, -0.2) is 4.39 Å². The molecule has 144 valence electrons. The number of benzene rings is 1. The molecule has 1 aliphatic carbocycles. The topological polar surface area (TPSA) is 33.5 Å². The van der Waals surface area contributed by atoms with Crippen LogP contribution >= 0.6 is 0 Å². The second-order valence-electron chi connectivity index (χ2n) is 7.81. The molecule has 0 aromatic heterocycles. The van der Waals surface area contributed by atoms with E-state index in [0.717, 1.165) is 44.7 Å². The maximum atomic E-state index is 15.1. The summed E-state index contributed by atoms with van der Waals surface area (Å²) in [6, 6.07) is 5.71. The van der Waals surface area contributed by atoms with Crippen LogP contribution in [-0.4, -0.2) is 43.7 Å². The van der Waals surface area contributed by atoms with Gasteiger partial charge in [-0.1, -0.05) is 31.4 Å². The molecule has 0 radical (unpaired) electrons. The van der Waals surface area contributed by atoms with E-state index in [1.807, 2.05) is 18.3 Å². The fraction of sp³-hybridized carbons (Fsp3) is 0.348. The predicted molar refractivity (Wildman–Crippen MR) is 113 cm³/mol. The minimum absolute atomic E-state index is 0.178. The largest absolute Gasteiger partial charge is 0.367 e. The minimum atomic E-state index is -0.255. The number of rotatable bonds is 4. The molecule has 1 saturated carbocycles. The fourth-order valence-corrected chi connectivity index (χ4v) is 4.03. The molecule has 4 nitrogen and oxygen atoms in total. The highest BCUT2D eigenvalue weighted by atomic mass is 19.1. The molecule has 0 N–H and O–H groups in total. The minimum Gasteiger partial charge on any atom is -0.367 e. The van der Waals surface area contributed by atoms with Crippen molar-refractivity contribution in [2.45, 2.75) is 18.4 Å². The Bertz CT molecular complexity index is 925. The van der Waals surface area contributed by atoms with Crippen molar-refractivity contribution in [3.05, 3.63) is 66.7 Å². The molecule has 0 unspecified atom stereocenters. The first-order valence-electron chi connectivity index (χ1n) is 9.67. The lowest BCUT2D eigenvalue weighted by Gasteiger charge is -2.38. The maximum Gasteiger partial charge on any atom is 0.147 e. The van der Waals surface area contributed by atoms with Crippen molar-refractivity contribution in [1.29, 1.82) is 5.26 Å². The number of nitrogens with zero attached hydrogens (tertiary/aromatic N) is 4. The average molecular weight is 376 g/mol. The first kappa shape index (κ1) is 18.5. The summed E-state index contributed by atoms with van der Waals surface area (Å²) in [5.74, 6) is -0.255. The number of hydrogen-bond acceptors (Lipinski definition) is 4. The molecule has 3 aliphatic rings. The zero-order valence-corrected chi connectivity index (χ0v) is 16.3. The molecule has 4 rings (SSSR count). The summed E-state index contributed by atoms with van der Waals surface area (Å²) in [5, 5.41) is 9.57. The Labute approximate surface area is 166 Å². The highest BCUT2D eigenvalue weighted by Crippen LogP contribution is 2.51. The molecule has 1 aromatic carbocycles. The molecular formula is C23H25FN4. The van der Waals surface area contributed by atoms with Crippen molar-refractivity contribution in [3.8, 4) is 6.07 Å². The Balaban J connectivity index is 1.80. The summed E-state index contributed by atoms with van der Waals surface area (Å²) in [7, 11) is 2.09. The summed E-state index contributed by atoms with van der Waals surface area (Å²) < 4.78 is 15.1. The van der Waals surface area contributed by atoms with Crippen LogP contribution in [0.2, 0.25) is 0 Å². The van der Waals surface area contributed by atoms with Gasteiger partial charge < -0.3 is 14.7 Å². The lowest BCUT2D eigenvalue weighted by Crippen LogP contribution is -2.45. The van der Waals surface area contributed by atoms with Gasteiger partial charge >= 0.3 is 0 Å². The first-order valence-corrected chi connectivity index (χ1v) is 9.67. The standard InChI is InChI=1S/C23H25FN4/c1-4-5-6-23(7-8-23)28-16-18(15-25)17(2)19-13-20(24)22(14-21(19)28)27-11-9-26(3)10-12-27/h4-6,13-14,16H,1-2,7-12H2,3H3/b6-5+. The van der Waals surface area contributed by atoms with E-state index in [-0.39, 0.29) is 11.4 Å². The number of halogens is 1. The third kappa shape index (κ3) is 3.04. The van der Waals surface area contributed by atoms with Crippen LogP contribution in [0.1, 0.15) is 18.4 Å². The zero-order valence-electron chi connectivity index (χ0n) is 16.3. The highest BCUT2D eigenvalue weighted by molar-refractivity contribution is 5.93. The Morgan fingerprint density at radius 2 is 1.89 bits per heavy atom. The van der Waals surface area contributed by atoms with Gasteiger partial charge in [0.25, 0.3) is 0 Å². The number of hydrogen-bond donors (Lipinski definition) is 0. The van der Waals surface area contributed by atoms with Gasteiger partial charge in [0.05, 0.1) is 22.5 Å². The molecule has 0 bridgehead atoms. The van der Waals surface area contributed by atoms with Crippen LogP contribution < -0.4 is 9.80 Å². The third-order valence-corrected chi connectivity index (χ3v) is 5.98. The van der Waals surface area contributed by atoms with E-state index in [9.17, 15) is 5.26 Å². The highest BCUT2D eigenvalue weighted by Gasteiger charge is 2.47. The summed E-state index contributed by atoms with van der Waals surface area (Å²) in [6.07, 6.45) is 9.68. The van der Waals surface area contributed by atoms with Gasteiger partial charge in [0, 0.05) is 37.9 Å². The lowest BCUT2D eigenvalue weighted by molar-refractivity contribution is 0.311. The van der Waals surface area contributed by atoms with Gasteiger partial charge in [-0.15, -0.1) is 0 Å². The number of anilines is 2. The number of nitriles is 1. The van der Waals surface area contributed by atoms with Gasteiger partial charge in [-0.2, -0.15) is 5.26 Å². The van der Waals surface area contributed by atoms with Crippen molar-refractivity contribution in [2.75, 3.05) is 43.0 Å². The van der Waals surface area contributed by atoms with Crippen molar-refractivity contribution in [2.24, 2.45) is 0 Å². The molecular weight excluding hydrogens is 351 g/mol.